The summed E-state index contributed by atoms with van der Waals surface area (Å²) in [5.74, 6) is 0. The molecule has 4 heteroatoms. The molecule has 0 atom stereocenters. The molecule has 10 rings (SSSR count). The molecule has 1 aliphatic carbocycles. The van der Waals surface area contributed by atoms with Gasteiger partial charge in [0.25, 0.3) is 0 Å². The molecule has 52 heavy (non-hydrogen) atoms. The molecule has 9 aromatic rings. The second-order valence-corrected chi connectivity index (χ2v) is 14.7. The van der Waals surface area contributed by atoms with Crippen LogP contribution in [0.15, 0.2) is 152 Å². The fourth-order valence-corrected chi connectivity index (χ4v) is 9.50. The van der Waals surface area contributed by atoms with Crippen molar-refractivity contribution in [3.8, 4) is 66.9 Å². The van der Waals surface area contributed by atoms with Crippen LogP contribution in [0.25, 0.3) is 87.1 Å². The van der Waals surface area contributed by atoms with Crippen molar-refractivity contribution in [2.75, 3.05) is 0 Å². The Labute approximate surface area is 306 Å². The van der Waals surface area contributed by atoms with Crippen LogP contribution in [0.2, 0.25) is 0 Å². The van der Waals surface area contributed by atoms with Crippen LogP contribution in [0.5, 0.6) is 0 Å². The number of rotatable bonds is 5. The van der Waals surface area contributed by atoms with Crippen LogP contribution in [0.1, 0.15) is 22.3 Å². The fourth-order valence-electron chi connectivity index (χ4n) is 8.38. The fraction of sp³-hybridized carbons (Fsp3) is 0.0625. The highest BCUT2D eigenvalue weighted by Crippen LogP contribution is 2.54. The number of nitrogens with zero attached hydrogens (tertiary/aromatic N) is 3. The lowest BCUT2D eigenvalue weighted by Gasteiger charge is -2.25. The molecular formula is C48H33N3S. The second-order valence-electron chi connectivity index (χ2n) is 13.7. The van der Waals surface area contributed by atoms with E-state index >= 15 is 0 Å². The van der Waals surface area contributed by atoms with Gasteiger partial charge in [-0.3, -0.25) is 0 Å². The first-order valence-corrected chi connectivity index (χ1v) is 18.6. The Morgan fingerprint density at radius 2 is 1.19 bits per heavy atom. The summed E-state index contributed by atoms with van der Waals surface area (Å²) in [5.41, 5.74) is 19.3. The molecule has 3 nitrogen and oxygen atoms in total. The molecule has 1 aliphatic rings. The van der Waals surface area contributed by atoms with Crippen molar-refractivity contribution in [2.45, 2.75) is 20.3 Å². The summed E-state index contributed by atoms with van der Waals surface area (Å²) in [4.78, 5) is 0. The van der Waals surface area contributed by atoms with Crippen LogP contribution in [0.3, 0.4) is 0 Å². The topological polar surface area (TPSA) is 38.7 Å². The van der Waals surface area contributed by atoms with Crippen molar-refractivity contribution in [1.29, 1.82) is 0 Å². The molecule has 2 heterocycles. The summed E-state index contributed by atoms with van der Waals surface area (Å²) in [6.45, 7) is 4.55. The molecule has 0 saturated carbocycles. The van der Waals surface area contributed by atoms with Crippen molar-refractivity contribution in [3.05, 3.63) is 174 Å². The SMILES string of the molecule is Cc1cc2c(c(-c3c(-c4ccccc4)ccc(-c4c(-c5ccccc5)ccc5sc6ccccc6c45)c3-c3ccnnn3)c1C)Cc1ccccc1-2. The van der Waals surface area contributed by atoms with E-state index in [9.17, 15) is 0 Å². The average Bonchev–Trinajstić information content (AvgIpc) is 3.77. The third-order valence-electron chi connectivity index (χ3n) is 10.8. The lowest BCUT2D eigenvalue weighted by Crippen LogP contribution is -2.03. The van der Waals surface area contributed by atoms with Gasteiger partial charge in [-0.25, -0.2) is 0 Å². The third-order valence-corrected chi connectivity index (χ3v) is 12.0. The Morgan fingerprint density at radius 1 is 0.519 bits per heavy atom. The van der Waals surface area contributed by atoms with Gasteiger partial charge in [-0.2, -0.15) is 0 Å². The third kappa shape index (κ3) is 4.75. The smallest absolute Gasteiger partial charge is 0.0976 e. The number of aryl methyl sites for hydroxylation is 1. The van der Waals surface area contributed by atoms with Crippen LogP contribution < -0.4 is 0 Å². The maximum Gasteiger partial charge on any atom is 0.0976 e. The van der Waals surface area contributed by atoms with Gasteiger partial charge in [0.1, 0.15) is 0 Å². The Balaban J connectivity index is 1.42. The standard InChI is InChI=1S/C48H33N3S/c1-29-27-39-34-18-10-9-17-33(34)28-40(39)44(30(29)2)48-36(32-15-7-4-8-16-32)21-22-38(46(48)41-25-26-49-51-50-41)45-35(31-13-5-3-6-14-31)23-24-43-47(45)37-19-11-12-20-42(37)52-43/h3-27H,28H2,1-2H3. The van der Waals surface area contributed by atoms with E-state index in [4.69, 9.17) is 5.10 Å². The Hall–Kier alpha value is -6.23. The zero-order chi connectivity index (χ0) is 34.8. The quantitative estimate of drug-likeness (QED) is 0.181. The molecule has 2 aromatic heterocycles. The van der Waals surface area contributed by atoms with Gasteiger partial charge in [0.2, 0.25) is 0 Å². The highest BCUT2D eigenvalue weighted by molar-refractivity contribution is 7.26. The van der Waals surface area contributed by atoms with Crippen LogP contribution in [-0.4, -0.2) is 15.4 Å². The molecular weight excluding hydrogens is 651 g/mol. The normalized spacial score (nSPS) is 12.0. The van der Waals surface area contributed by atoms with E-state index in [1.807, 2.05) is 17.4 Å². The molecule has 246 valence electrons. The first-order valence-electron chi connectivity index (χ1n) is 17.7. The van der Waals surface area contributed by atoms with E-state index in [1.165, 1.54) is 92.5 Å². The van der Waals surface area contributed by atoms with Gasteiger partial charge >= 0.3 is 0 Å². The predicted octanol–water partition coefficient (Wildman–Crippen LogP) is 12.8. The summed E-state index contributed by atoms with van der Waals surface area (Å²) in [6, 6.07) is 53.0. The summed E-state index contributed by atoms with van der Waals surface area (Å²) >= 11 is 1.85. The number of hydrogen-bond donors (Lipinski definition) is 0. The number of benzene rings is 7. The zero-order valence-corrected chi connectivity index (χ0v) is 29.7. The minimum Gasteiger partial charge on any atom is -0.139 e. The first kappa shape index (κ1) is 30.6. The molecule has 0 fully saturated rings. The number of aromatic nitrogens is 3. The largest absolute Gasteiger partial charge is 0.139 e. The maximum absolute atomic E-state index is 4.82. The number of thiophene rings is 1. The lowest BCUT2D eigenvalue weighted by molar-refractivity contribution is 0.871. The van der Waals surface area contributed by atoms with Crippen molar-refractivity contribution in [2.24, 2.45) is 0 Å². The molecule has 0 saturated heterocycles. The van der Waals surface area contributed by atoms with Gasteiger partial charge in [-0.05, 0) is 116 Å². The van der Waals surface area contributed by atoms with Crippen molar-refractivity contribution >= 4 is 31.5 Å². The van der Waals surface area contributed by atoms with Crippen LogP contribution in [0.4, 0.5) is 0 Å². The number of hydrogen-bond acceptors (Lipinski definition) is 4. The average molecular weight is 684 g/mol. The molecule has 7 aromatic carbocycles. The van der Waals surface area contributed by atoms with Crippen molar-refractivity contribution in [3.63, 3.8) is 0 Å². The van der Waals surface area contributed by atoms with E-state index in [0.717, 1.165) is 23.2 Å². The van der Waals surface area contributed by atoms with E-state index in [0.29, 0.717) is 0 Å². The van der Waals surface area contributed by atoms with Crippen LogP contribution in [0, 0.1) is 13.8 Å². The predicted molar refractivity (Wildman–Crippen MR) is 218 cm³/mol. The highest BCUT2D eigenvalue weighted by Gasteiger charge is 2.30. The van der Waals surface area contributed by atoms with Gasteiger partial charge in [-0.15, -0.1) is 21.5 Å². The van der Waals surface area contributed by atoms with Crippen molar-refractivity contribution in [1.82, 2.24) is 15.4 Å². The highest BCUT2D eigenvalue weighted by atomic mass is 32.1. The van der Waals surface area contributed by atoms with E-state index < -0.39 is 0 Å². The zero-order valence-electron chi connectivity index (χ0n) is 28.9. The Morgan fingerprint density at radius 3 is 1.96 bits per heavy atom. The van der Waals surface area contributed by atoms with Gasteiger partial charge in [0.15, 0.2) is 0 Å². The van der Waals surface area contributed by atoms with Crippen LogP contribution in [-0.2, 0) is 6.42 Å². The lowest BCUT2D eigenvalue weighted by atomic mass is 9.78. The molecule has 0 unspecified atom stereocenters. The Kier molecular flexibility index (Phi) is 7.19. The molecule has 0 spiro atoms. The van der Waals surface area contributed by atoms with Gasteiger partial charge in [0.05, 0.1) is 11.9 Å². The van der Waals surface area contributed by atoms with Gasteiger partial charge in [0, 0.05) is 31.3 Å². The maximum atomic E-state index is 4.82. The molecule has 0 bridgehead atoms. The van der Waals surface area contributed by atoms with E-state index in [2.05, 4.69) is 164 Å². The molecule has 0 amide bonds. The Bertz CT molecular complexity index is 2820. The van der Waals surface area contributed by atoms with Gasteiger partial charge < -0.3 is 0 Å². The summed E-state index contributed by atoms with van der Waals surface area (Å²) in [6.07, 6.45) is 2.65. The minimum absolute atomic E-state index is 0.804. The molecule has 0 aliphatic heterocycles. The minimum atomic E-state index is 0.804. The van der Waals surface area contributed by atoms with Crippen LogP contribution >= 0.6 is 11.3 Å². The van der Waals surface area contributed by atoms with Crippen molar-refractivity contribution < 1.29 is 0 Å². The number of fused-ring (bicyclic) bond motifs is 6. The van der Waals surface area contributed by atoms with E-state index in [1.54, 1.807) is 6.20 Å². The van der Waals surface area contributed by atoms with E-state index in [-0.39, 0.29) is 0 Å². The monoisotopic (exact) mass is 683 g/mol. The molecule has 0 N–H and O–H groups in total. The summed E-state index contributed by atoms with van der Waals surface area (Å²) in [7, 11) is 0. The van der Waals surface area contributed by atoms with Gasteiger partial charge in [-0.1, -0.05) is 127 Å². The second kappa shape index (κ2) is 12.2. The summed E-state index contributed by atoms with van der Waals surface area (Å²) < 4.78 is 2.54. The molecule has 0 radical (unpaired) electrons. The first-order chi connectivity index (χ1) is 25.7. The summed E-state index contributed by atoms with van der Waals surface area (Å²) in [5, 5.41) is 15.8.